The van der Waals surface area contributed by atoms with Crippen LogP contribution < -0.4 is 4.74 Å². The van der Waals surface area contributed by atoms with Crippen LogP contribution in [0.2, 0.25) is 0 Å². The van der Waals surface area contributed by atoms with Crippen LogP contribution >= 0.6 is 11.8 Å². The van der Waals surface area contributed by atoms with Crippen molar-refractivity contribution in [3.05, 3.63) is 24.3 Å². The van der Waals surface area contributed by atoms with Crippen molar-refractivity contribution in [3.8, 4) is 17.2 Å². The summed E-state index contributed by atoms with van der Waals surface area (Å²) in [7, 11) is 1.60. The Morgan fingerprint density at radius 2 is 2.04 bits per heavy atom. The summed E-state index contributed by atoms with van der Waals surface area (Å²) in [5.74, 6) is 1.20. The topological polar surface area (TPSA) is 68.5 Å². The summed E-state index contributed by atoms with van der Waals surface area (Å²) < 4.78 is 11.0. The number of ether oxygens (including phenoxy) is 1. The first kappa shape index (κ1) is 15.9. The number of methoxy groups -OCH3 is 1. The largest absolute Gasteiger partial charge is 0.496 e. The number of amides is 1. The second-order valence-electron chi connectivity index (χ2n) is 5.37. The van der Waals surface area contributed by atoms with Gasteiger partial charge in [-0.1, -0.05) is 23.9 Å². The fourth-order valence-corrected chi connectivity index (χ4v) is 3.35. The maximum Gasteiger partial charge on any atom is 0.277 e. The summed E-state index contributed by atoms with van der Waals surface area (Å²) in [6.07, 6.45) is 2.17. The molecule has 6 nitrogen and oxygen atoms in total. The number of hydrogen-bond donors (Lipinski definition) is 0. The highest BCUT2D eigenvalue weighted by Gasteiger charge is 2.26. The molecule has 122 valence electrons. The summed E-state index contributed by atoms with van der Waals surface area (Å²) in [5.41, 5.74) is 0.743. The van der Waals surface area contributed by atoms with Crippen molar-refractivity contribution in [1.29, 1.82) is 0 Å². The number of hydrogen-bond acceptors (Lipinski definition) is 6. The van der Waals surface area contributed by atoms with E-state index in [0.717, 1.165) is 31.5 Å². The molecular weight excluding hydrogens is 314 g/mol. The Bertz CT molecular complexity index is 683. The van der Waals surface area contributed by atoms with Crippen molar-refractivity contribution < 1.29 is 13.9 Å². The molecule has 0 saturated carbocycles. The molecule has 0 N–H and O–H groups in total. The molecule has 0 aliphatic carbocycles. The normalized spacial score (nSPS) is 15.7. The molecule has 0 bridgehead atoms. The SMILES string of the molecule is COc1ccccc1-c1nnc(SC(C)C(=O)N2CCCC2)o1. The first-order chi connectivity index (χ1) is 11.2. The number of benzene rings is 1. The molecule has 1 aliphatic rings. The van der Waals surface area contributed by atoms with Crippen LogP contribution in [0.4, 0.5) is 0 Å². The van der Waals surface area contributed by atoms with Crippen molar-refractivity contribution in [1.82, 2.24) is 15.1 Å². The summed E-state index contributed by atoms with van der Waals surface area (Å²) in [6.45, 7) is 3.57. The number of nitrogens with zero attached hydrogens (tertiary/aromatic N) is 3. The van der Waals surface area contributed by atoms with Gasteiger partial charge in [0, 0.05) is 13.1 Å². The highest BCUT2D eigenvalue weighted by molar-refractivity contribution is 8.00. The average Bonchev–Trinajstić information content (AvgIpc) is 3.26. The Morgan fingerprint density at radius 1 is 1.30 bits per heavy atom. The van der Waals surface area contributed by atoms with E-state index in [2.05, 4.69) is 10.2 Å². The highest BCUT2D eigenvalue weighted by atomic mass is 32.2. The fourth-order valence-electron chi connectivity index (χ4n) is 2.58. The number of thioether (sulfide) groups is 1. The van der Waals surface area contributed by atoms with Gasteiger partial charge in [-0.25, -0.2) is 0 Å². The number of para-hydroxylation sites is 1. The van der Waals surface area contributed by atoms with Gasteiger partial charge in [-0.2, -0.15) is 0 Å². The quantitative estimate of drug-likeness (QED) is 0.784. The zero-order valence-corrected chi connectivity index (χ0v) is 14.0. The standard InChI is InChI=1S/C16H19N3O3S/c1-11(15(20)19-9-5-6-10-19)23-16-18-17-14(22-16)12-7-3-4-8-13(12)21-2/h3-4,7-8,11H,5-6,9-10H2,1-2H3. The van der Waals surface area contributed by atoms with Crippen molar-refractivity contribution >= 4 is 17.7 Å². The molecule has 1 unspecified atom stereocenters. The van der Waals surface area contributed by atoms with E-state index < -0.39 is 0 Å². The lowest BCUT2D eigenvalue weighted by atomic mass is 10.2. The lowest BCUT2D eigenvalue weighted by Crippen LogP contribution is -2.34. The van der Waals surface area contributed by atoms with Gasteiger partial charge in [-0.15, -0.1) is 10.2 Å². The van der Waals surface area contributed by atoms with Gasteiger partial charge in [-0.3, -0.25) is 4.79 Å². The second-order valence-corrected chi connectivity index (χ2v) is 6.66. The van der Waals surface area contributed by atoms with Gasteiger partial charge in [0.15, 0.2) is 0 Å². The molecule has 23 heavy (non-hydrogen) atoms. The van der Waals surface area contributed by atoms with Gasteiger partial charge in [0.05, 0.1) is 17.9 Å². The van der Waals surface area contributed by atoms with E-state index in [1.807, 2.05) is 36.1 Å². The van der Waals surface area contributed by atoms with Crippen molar-refractivity contribution in [3.63, 3.8) is 0 Å². The van der Waals surface area contributed by atoms with Crippen LogP contribution in [0.5, 0.6) is 5.75 Å². The van der Waals surface area contributed by atoms with Crippen LogP contribution in [-0.4, -0.2) is 46.5 Å². The predicted octanol–water partition coefficient (Wildman–Crippen LogP) is 2.85. The van der Waals surface area contributed by atoms with Gasteiger partial charge in [-0.05, 0) is 31.9 Å². The van der Waals surface area contributed by atoms with E-state index in [9.17, 15) is 4.79 Å². The molecular formula is C16H19N3O3S. The third-order valence-corrected chi connectivity index (χ3v) is 4.71. The maximum absolute atomic E-state index is 12.3. The van der Waals surface area contributed by atoms with Crippen molar-refractivity contribution in [2.24, 2.45) is 0 Å². The lowest BCUT2D eigenvalue weighted by Gasteiger charge is -2.18. The minimum atomic E-state index is -0.237. The van der Waals surface area contributed by atoms with E-state index in [-0.39, 0.29) is 11.2 Å². The Labute approximate surface area is 139 Å². The van der Waals surface area contributed by atoms with Crippen LogP contribution in [0, 0.1) is 0 Å². The Hall–Kier alpha value is -2.02. The molecule has 1 aromatic heterocycles. The molecule has 1 saturated heterocycles. The lowest BCUT2D eigenvalue weighted by molar-refractivity contribution is -0.129. The smallest absolute Gasteiger partial charge is 0.277 e. The third kappa shape index (κ3) is 3.50. The molecule has 0 spiro atoms. The van der Waals surface area contributed by atoms with Gasteiger partial charge in [0.25, 0.3) is 11.1 Å². The van der Waals surface area contributed by atoms with Crippen LogP contribution in [0.3, 0.4) is 0 Å². The minimum Gasteiger partial charge on any atom is -0.496 e. The monoisotopic (exact) mass is 333 g/mol. The van der Waals surface area contributed by atoms with Gasteiger partial charge >= 0.3 is 0 Å². The Morgan fingerprint density at radius 3 is 2.78 bits per heavy atom. The average molecular weight is 333 g/mol. The molecule has 1 atom stereocenters. The van der Waals surface area contributed by atoms with E-state index >= 15 is 0 Å². The highest BCUT2D eigenvalue weighted by Crippen LogP contribution is 2.32. The predicted molar refractivity (Wildman–Crippen MR) is 87.4 cm³/mol. The second kappa shape index (κ2) is 7.04. The number of likely N-dealkylation sites (tertiary alicyclic amines) is 1. The number of carbonyl (C=O) groups excluding carboxylic acids is 1. The third-order valence-electron chi connectivity index (χ3n) is 3.79. The van der Waals surface area contributed by atoms with Crippen LogP contribution in [-0.2, 0) is 4.79 Å². The first-order valence-electron chi connectivity index (χ1n) is 7.61. The molecule has 3 rings (SSSR count). The van der Waals surface area contributed by atoms with E-state index in [0.29, 0.717) is 16.9 Å². The van der Waals surface area contributed by atoms with Crippen molar-refractivity contribution in [2.45, 2.75) is 30.2 Å². The number of aromatic nitrogens is 2. The molecule has 1 amide bonds. The summed E-state index contributed by atoms with van der Waals surface area (Å²) in [4.78, 5) is 14.2. The Kier molecular flexibility index (Phi) is 4.85. The first-order valence-corrected chi connectivity index (χ1v) is 8.49. The summed E-state index contributed by atoms with van der Waals surface area (Å²) >= 11 is 1.30. The Balaban J connectivity index is 1.70. The van der Waals surface area contributed by atoms with Gasteiger partial charge in [0.2, 0.25) is 5.91 Å². The molecule has 1 aliphatic heterocycles. The molecule has 2 aromatic rings. The van der Waals surface area contributed by atoms with E-state index in [4.69, 9.17) is 9.15 Å². The van der Waals surface area contributed by atoms with Gasteiger partial charge < -0.3 is 14.1 Å². The number of rotatable bonds is 5. The maximum atomic E-state index is 12.3. The van der Waals surface area contributed by atoms with E-state index in [1.54, 1.807) is 7.11 Å². The van der Waals surface area contributed by atoms with E-state index in [1.165, 1.54) is 11.8 Å². The molecule has 7 heteroatoms. The molecule has 1 fully saturated rings. The van der Waals surface area contributed by atoms with Crippen LogP contribution in [0.25, 0.3) is 11.5 Å². The molecule has 1 aromatic carbocycles. The van der Waals surface area contributed by atoms with Crippen LogP contribution in [0.15, 0.2) is 33.9 Å². The molecule has 2 heterocycles. The summed E-state index contributed by atoms with van der Waals surface area (Å²) in [6, 6.07) is 7.46. The fraction of sp³-hybridized carbons (Fsp3) is 0.438. The van der Waals surface area contributed by atoms with Gasteiger partial charge in [0.1, 0.15) is 5.75 Å². The minimum absolute atomic E-state index is 0.129. The zero-order valence-electron chi connectivity index (χ0n) is 13.2. The zero-order chi connectivity index (χ0) is 16.2. The summed E-state index contributed by atoms with van der Waals surface area (Å²) in [5, 5.41) is 8.26. The molecule has 0 radical (unpaired) electrons. The van der Waals surface area contributed by atoms with Crippen molar-refractivity contribution in [2.75, 3.05) is 20.2 Å². The number of carbonyl (C=O) groups is 1. The van der Waals surface area contributed by atoms with Crippen LogP contribution in [0.1, 0.15) is 19.8 Å².